The Bertz CT molecular complexity index is 1140. The second-order valence-corrected chi connectivity index (χ2v) is 10.2. The number of amides is 2. The number of β-amino-alcohol motifs (C(OH)–C–C–N with tert-alkyl or cyclic N) is 1. The molecule has 0 spiro atoms. The number of aliphatic hydroxyl groups is 1. The number of ether oxygens (including phenoxy) is 1. The van der Waals surface area contributed by atoms with E-state index < -0.39 is 6.10 Å². The second-order valence-electron chi connectivity index (χ2n) is 10.2. The Labute approximate surface area is 217 Å². The van der Waals surface area contributed by atoms with Gasteiger partial charge in [0.2, 0.25) is 5.91 Å². The molecule has 0 aliphatic carbocycles. The van der Waals surface area contributed by atoms with E-state index in [0.717, 1.165) is 32.4 Å². The first kappa shape index (κ1) is 25.4. The molecule has 1 aromatic heterocycles. The molecule has 2 atom stereocenters. The molecule has 2 fully saturated rings. The molecule has 4 heterocycles. The van der Waals surface area contributed by atoms with Crippen molar-refractivity contribution < 1.29 is 19.4 Å². The van der Waals surface area contributed by atoms with Crippen molar-refractivity contribution in [3.05, 3.63) is 47.2 Å². The van der Waals surface area contributed by atoms with Crippen molar-refractivity contribution in [1.82, 2.24) is 24.7 Å². The summed E-state index contributed by atoms with van der Waals surface area (Å²) in [7, 11) is 1.48. The molecule has 0 bridgehead atoms. The van der Waals surface area contributed by atoms with Crippen LogP contribution in [0.4, 0.5) is 5.82 Å². The third-order valence-electron chi connectivity index (χ3n) is 7.86. The average molecular weight is 509 g/mol. The molecule has 1 aromatic carbocycles. The molecule has 5 rings (SSSR count). The summed E-state index contributed by atoms with van der Waals surface area (Å²) >= 11 is 0. The van der Waals surface area contributed by atoms with E-state index in [1.165, 1.54) is 18.2 Å². The van der Waals surface area contributed by atoms with E-state index >= 15 is 0 Å². The molecule has 37 heavy (non-hydrogen) atoms. The van der Waals surface area contributed by atoms with Gasteiger partial charge in [-0.15, -0.1) is 0 Å². The van der Waals surface area contributed by atoms with Crippen molar-refractivity contribution in [2.24, 2.45) is 0 Å². The van der Waals surface area contributed by atoms with Crippen LogP contribution in [-0.2, 0) is 17.8 Å². The summed E-state index contributed by atoms with van der Waals surface area (Å²) in [4.78, 5) is 39.6. The summed E-state index contributed by atoms with van der Waals surface area (Å²) in [6, 6.07) is 10.4. The molecular weight excluding hydrogens is 472 g/mol. The van der Waals surface area contributed by atoms with Gasteiger partial charge in [0.15, 0.2) is 0 Å². The number of aliphatic hydroxyl groups excluding tert-OH is 1. The topological polar surface area (TPSA) is 111 Å². The summed E-state index contributed by atoms with van der Waals surface area (Å²) in [5.74, 6) is 0.377. The van der Waals surface area contributed by atoms with Crippen LogP contribution in [0.1, 0.15) is 47.8 Å². The molecule has 198 valence electrons. The molecule has 2 amide bonds. The van der Waals surface area contributed by atoms with Crippen molar-refractivity contribution in [1.29, 1.82) is 0 Å². The van der Waals surface area contributed by atoms with Gasteiger partial charge in [0.05, 0.1) is 13.2 Å². The molecule has 3 aliphatic heterocycles. The Morgan fingerprint density at radius 2 is 1.76 bits per heavy atom. The van der Waals surface area contributed by atoms with Gasteiger partial charge in [-0.2, -0.15) is 9.97 Å². The number of carbonyl (C=O) groups is 2. The van der Waals surface area contributed by atoms with E-state index in [1.807, 2.05) is 4.90 Å². The molecule has 0 saturated carbocycles. The number of methoxy groups -OCH3 is 1. The summed E-state index contributed by atoms with van der Waals surface area (Å²) in [5.41, 5.74) is 2.94. The van der Waals surface area contributed by atoms with Crippen LogP contribution in [0.2, 0.25) is 0 Å². The summed E-state index contributed by atoms with van der Waals surface area (Å²) in [6.07, 6.45) is 2.66. The number of aromatic nitrogens is 2. The van der Waals surface area contributed by atoms with Crippen LogP contribution >= 0.6 is 0 Å². The van der Waals surface area contributed by atoms with Crippen molar-refractivity contribution in [2.75, 3.05) is 45.2 Å². The number of nitrogens with one attached hydrogen (secondary N) is 1. The molecule has 3 aliphatic rings. The van der Waals surface area contributed by atoms with Gasteiger partial charge in [-0.25, -0.2) is 0 Å². The number of nitrogens with zero attached hydrogens (tertiary/aromatic N) is 5. The lowest BCUT2D eigenvalue weighted by atomic mass is 9.94. The van der Waals surface area contributed by atoms with Gasteiger partial charge in [-0.1, -0.05) is 24.3 Å². The molecule has 2 aromatic rings. The molecular formula is C27H36N6O4. The minimum atomic E-state index is -0.629. The standard InChI is InChI=1S/C27H36N6O4/c1-18(34)31-12-8-21(9-13-31)28-25-15-22(29-27(30-25)37-2)26(36)33-14-10-23(24(35)17-33)32-11-7-19-5-3-4-6-20(19)16-32/h3-6,15,21,23-24,35H,7-14,16-17H2,1-2H3,(H,28,29,30). The van der Waals surface area contributed by atoms with E-state index in [-0.39, 0.29) is 42.1 Å². The maximum atomic E-state index is 13.4. The zero-order valence-electron chi connectivity index (χ0n) is 21.6. The van der Waals surface area contributed by atoms with Gasteiger partial charge >= 0.3 is 6.01 Å². The number of hydrogen-bond donors (Lipinski definition) is 2. The number of benzene rings is 1. The maximum Gasteiger partial charge on any atom is 0.318 e. The Balaban J connectivity index is 1.22. The molecule has 10 heteroatoms. The number of likely N-dealkylation sites (tertiary alicyclic amines) is 2. The van der Waals surface area contributed by atoms with Crippen molar-refractivity contribution >= 4 is 17.6 Å². The lowest BCUT2D eigenvalue weighted by Crippen LogP contribution is -2.56. The predicted octanol–water partition coefficient (Wildman–Crippen LogP) is 1.54. The largest absolute Gasteiger partial charge is 0.467 e. The van der Waals surface area contributed by atoms with Gasteiger partial charge in [0.25, 0.3) is 5.91 Å². The van der Waals surface area contributed by atoms with Crippen LogP contribution in [0.15, 0.2) is 30.3 Å². The highest BCUT2D eigenvalue weighted by Crippen LogP contribution is 2.26. The fraction of sp³-hybridized carbons (Fsp3) is 0.556. The van der Waals surface area contributed by atoms with E-state index in [4.69, 9.17) is 4.74 Å². The highest BCUT2D eigenvalue weighted by molar-refractivity contribution is 5.93. The first-order valence-corrected chi connectivity index (χ1v) is 13.1. The molecule has 2 saturated heterocycles. The van der Waals surface area contributed by atoms with Crippen LogP contribution in [-0.4, -0.2) is 99.6 Å². The summed E-state index contributed by atoms with van der Waals surface area (Å²) in [6.45, 7) is 5.53. The van der Waals surface area contributed by atoms with Gasteiger partial charge in [-0.3, -0.25) is 14.5 Å². The highest BCUT2D eigenvalue weighted by Gasteiger charge is 2.36. The zero-order chi connectivity index (χ0) is 25.9. The second kappa shape index (κ2) is 11.0. The average Bonchev–Trinajstić information content (AvgIpc) is 2.92. The van der Waals surface area contributed by atoms with E-state index in [2.05, 4.69) is 44.5 Å². The van der Waals surface area contributed by atoms with Crippen LogP contribution in [0.25, 0.3) is 0 Å². The van der Waals surface area contributed by atoms with Gasteiger partial charge < -0.3 is 25.0 Å². The number of carbonyl (C=O) groups excluding carboxylic acids is 2. The first-order chi connectivity index (χ1) is 17.9. The fourth-order valence-corrected chi connectivity index (χ4v) is 5.74. The summed E-state index contributed by atoms with van der Waals surface area (Å²) in [5, 5.41) is 14.4. The quantitative estimate of drug-likeness (QED) is 0.626. The Morgan fingerprint density at radius 3 is 2.46 bits per heavy atom. The van der Waals surface area contributed by atoms with Gasteiger partial charge in [0, 0.05) is 64.3 Å². The predicted molar refractivity (Wildman–Crippen MR) is 138 cm³/mol. The minimum absolute atomic E-state index is 0.0236. The number of fused-ring (bicyclic) bond motifs is 1. The molecule has 0 radical (unpaired) electrons. The normalized spacial score (nSPS) is 22.9. The smallest absolute Gasteiger partial charge is 0.318 e. The number of hydrogen-bond acceptors (Lipinski definition) is 8. The molecule has 2 N–H and O–H groups in total. The van der Waals surface area contributed by atoms with Crippen LogP contribution < -0.4 is 10.1 Å². The zero-order valence-corrected chi connectivity index (χ0v) is 21.6. The van der Waals surface area contributed by atoms with Crippen LogP contribution in [0.5, 0.6) is 6.01 Å². The maximum absolute atomic E-state index is 13.4. The SMILES string of the molecule is COc1nc(NC2CCN(C(C)=O)CC2)cc(C(=O)N2CCC(N3CCc4ccccc4C3)C(O)C2)n1. The Kier molecular flexibility index (Phi) is 7.57. The van der Waals surface area contributed by atoms with E-state index in [9.17, 15) is 14.7 Å². The summed E-state index contributed by atoms with van der Waals surface area (Å²) < 4.78 is 5.28. The number of rotatable bonds is 5. The fourth-order valence-electron chi connectivity index (χ4n) is 5.74. The van der Waals surface area contributed by atoms with Crippen LogP contribution in [0, 0.1) is 0 Å². The lowest BCUT2D eigenvalue weighted by molar-refractivity contribution is -0.129. The first-order valence-electron chi connectivity index (χ1n) is 13.1. The van der Waals surface area contributed by atoms with Crippen molar-refractivity contribution in [2.45, 2.75) is 57.3 Å². The number of anilines is 1. The molecule has 2 unspecified atom stereocenters. The van der Waals surface area contributed by atoms with Crippen molar-refractivity contribution in [3.63, 3.8) is 0 Å². The Morgan fingerprint density at radius 1 is 1.03 bits per heavy atom. The number of piperidine rings is 2. The minimum Gasteiger partial charge on any atom is -0.467 e. The molecule has 10 nitrogen and oxygen atoms in total. The monoisotopic (exact) mass is 508 g/mol. The van der Waals surface area contributed by atoms with Gasteiger partial charge in [-0.05, 0) is 36.8 Å². The van der Waals surface area contributed by atoms with E-state index in [0.29, 0.717) is 31.9 Å². The lowest BCUT2D eigenvalue weighted by Gasteiger charge is -2.43. The third kappa shape index (κ3) is 5.70. The van der Waals surface area contributed by atoms with E-state index in [1.54, 1.807) is 17.9 Å². The highest BCUT2D eigenvalue weighted by atomic mass is 16.5. The van der Waals surface area contributed by atoms with Gasteiger partial charge in [0.1, 0.15) is 11.5 Å². The van der Waals surface area contributed by atoms with Crippen molar-refractivity contribution in [3.8, 4) is 6.01 Å². The van der Waals surface area contributed by atoms with Crippen LogP contribution in [0.3, 0.4) is 0 Å². The third-order valence-corrected chi connectivity index (χ3v) is 7.86. The Hall–Kier alpha value is -3.24.